The number of halogens is 4. The van der Waals surface area contributed by atoms with Crippen molar-refractivity contribution < 1.29 is 36.9 Å². The quantitative estimate of drug-likeness (QED) is 0.334. The van der Waals surface area contributed by atoms with Crippen molar-refractivity contribution in [1.82, 2.24) is 9.97 Å². The number of hydrogen-bond donors (Lipinski definition) is 2. The molecule has 5 rings (SSSR count). The number of ether oxygens (including phenoxy) is 3. The number of methoxy groups -OCH3 is 1. The summed E-state index contributed by atoms with van der Waals surface area (Å²) in [6.45, 7) is -1.45. The number of aromatic nitrogens is 2. The lowest BCUT2D eigenvalue weighted by atomic mass is 10.0. The zero-order valence-electron chi connectivity index (χ0n) is 19.5. The second-order valence-electron chi connectivity index (χ2n) is 8.53. The smallest absolute Gasteiger partial charge is 0.198 e. The molecule has 1 aliphatic rings. The van der Waals surface area contributed by atoms with Gasteiger partial charge in [0.1, 0.15) is 18.0 Å². The number of rotatable bonds is 7. The lowest BCUT2D eigenvalue weighted by Crippen LogP contribution is -2.42. The fourth-order valence-corrected chi connectivity index (χ4v) is 4.03. The topological polar surface area (TPSA) is 89.0 Å². The Hall–Kier alpha value is -4.12. The lowest BCUT2D eigenvalue weighted by molar-refractivity contribution is 0.0171. The average molecular weight is 515 g/mol. The van der Waals surface area contributed by atoms with Crippen LogP contribution in [0.25, 0.3) is 22.2 Å². The lowest BCUT2D eigenvalue weighted by Gasteiger charge is -2.26. The van der Waals surface area contributed by atoms with Crippen LogP contribution in [0.3, 0.4) is 0 Å². The number of nitrogens with zero attached hydrogens (tertiary/aromatic N) is 2. The highest BCUT2D eigenvalue weighted by Gasteiger charge is 2.34. The minimum absolute atomic E-state index is 0.0333. The maximum atomic E-state index is 15.0. The van der Waals surface area contributed by atoms with Crippen LogP contribution in [0.4, 0.5) is 17.6 Å². The second-order valence-corrected chi connectivity index (χ2v) is 8.53. The standard InChI is InChI=1S/C26H21F4N3O4/c1-35-20-4-2-3-15(23(20)29)16-10-32-25-22(16)19(5-6-31-25)37-24-17(27)7-14(8-18(24)28)9-21-33-11-26(30,12-34)13-36-21/h2-8,10,34H,9,11-13H2,1H3,(H,31,32). The first kappa shape index (κ1) is 24.6. The van der Waals surface area contributed by atoms with Crippen LogP contribution >= 0.6 is 0 Å². The maximum Gasteiger partial charge on any atom is 0.198 e. The first-order valence-electron chi connectivity index (χ1n) is 11.2. The number of H-pyrrole nitrogens is 1. The molecule has 0 spiro atoms. The van der Waals surface area contributed by atoms with Gasteiger partial charge in [-0.15, -0.1) is 0 Å². The van der Waals surface area contributed by atoms with Crippen LogP contribution in [0.1, 0.15) is 5.56 Å². The third-order valence-corrected chi connectivity index (χ3v) is 5.95. The summed E-state index contributed by atoms with van der Waals surface area (Å²) in [5, 5.41) is 9.37. The van der Waals surface area contributed by atoms with Gasteiger partial charge in [0.25, 0.3) is 0 Å². The Morgan fingerprint density at radius 1 is 1.11 bits per heavy atom. The Bertz CT molecular complexity index is 1480. The SMILES string of the molecule is COc1cccc(-c2c[nH]c3nccc(Oc4c(F)cc(CC5=NCC(F)(CO)CO5)cc4F)c23)c1F. The summed E-state index contributed by atoms with van der Waals surface area (Å²) in [6.07, 6.45) is 2.83. The Kier molecular flexibility index (Phi) is 6.46. The molecule has 0 radical (unpaired) electrons. The largest absolute Gasteiger partial charge is 0.494 e. The van der Waals surface area contributed by atoms with E-state index in [0.717, 1.165) is 12.1 Å². The molecule has 0 aliphatic carbocycles. The molecule has 3 heterocycles. The molecule has 1 unspecified atom stereocenters. The van der Waals surface area contributed by atoms with E-state index in [9.17, 15) is 8.78 Å². The number of aliphatic imine (C=N–C) groups is 1. The second kappa shape index (κ2) is 9.74. The van der Waals surface area contributed by atoms with E-state index in [1.165, 1.54) is 37.7 Å². The monoisotopic (exact) mass is 515 g/mol. The first-order chi connectivity index (χ1) is 17.8. The number of pyridine rings is 1. The van der Waals surface area contributed by atoms with E-state index in [0.29, 0.717) is 16.6 Å². The first-order valence-corrected chi connectivity index (χ1v) is 11.2. The number of nitrogens with one attached hydrogen (secondary N) is 1. The van der Waals surface area contributed by atoms with Gasteiger partial charge in [-0.2, -0.15) is 0 Å². The highest BCUT2D eigenvalue weighted by molar-refractivity contribution is 5.98. The van der Waals surface area contributed by atoms with Crippen molar-refractivity contribution in [2.45, 2.75) is 12.1 Å². The number of benzene rings is 2. The average Bonchev–Trinajstić information content (AvgIpc) is 3.33. The van der Waals surface area contributed by atoms with Crippen molar-refractivity contribution in [3.63, 3.8) is 0 Å². The number of aromatic amines is 1. The maximum absolute atomic E-state index is 15.0. The normalized spacial score (nSPS) is 17.4. The van der Waals surface area contributed by atoms with Gasteiger partial charge in [-0.1, -0.05) is 12.1 Å². The minimum Gasteiger partial charge on any atom is -0.494 e. The number of alkyl halides is 1. The van der Waals surface area contributed by atoms with Gasteiger partial charge in [-0.25, -0.2) is 22.5 Å². The molecule has 2 N–H and O–H groups in total. The molecule has 0 fully saturated rings. The van der Waals surface area contributed by atoms with Crippen molar-refractivity contribution in [3.8, 4) is 28.4 Å². The molecule has 0 saturated carbocycles. The highest BCUT2D eigenvalue weighted by atomic mass is 19.1. The zero-order valence-corrected chi connectivity index (χ0v) is 19.5. The molecular weight excluding hydrogens is 494 g/mol. The van der Waals surface area contributed by atoms with Crippen molar-refractivity contribution in [2.24, 2.45) is 4.99 Å². The predicted octanol–water partition coefficient (Wildman–Crippen LogP) is 5.12. The Morgan fingerprint density at radius 3 is 2.57 bits per heavy atom. The number of aliphatic hydroxyl groups excluding tert-OH is 1. The molecule has 0 amide bonds. The summed E-state index contributed by atoms with van der Waals surface area (Å²) in [6, 6.07) is 8.16. The van der Waals surface area contributed by atoms with Gasteiger partial charge >= 0.3 is 0 Å². The van der Waals surface area contributed by atoms with Gasteiger partial charge in [-0.3, -0.25) is 4.99 Å². The fourth-order valence-electron chi connectivity index (χ4n) is 4.03. The van der Waals surface area contributed by atoms with Crippen LogP contribution in [-0.2, 0) is 11.2 Å². The van der Waals surface area contributed by atoms with Crippen molar-refractivity contribution in [2.75, 3.05) is 26.9 Å². The predicted molar refractivity (Wildman–Crippen MR) is 127 cm³/mol. The molecule has 37 heavy (non-hydrogen) atoms. The van der Waals surface area contributed by atoms with Crippen molar-refractivity contribution in [1.29, 1.82) is 0 Å². The Balaban J connectivity index is 1.46. The van der Waals surface area contributed by atoms with Gasteiger partial charge in [0.15, 0.2) is 40.5 Å². The van der Waals surface area contributed by atoms with Gasteiger partial charge in [0.2, 0.25) is 0 Å². The van der Waals surface area contributed by atoms with E-state index < -0.39 is 42.1 Å². The Labute approximate surface area is 208 Å². The molecule has 1 aliphatic heterocycles. The van der Waals surface area contributed by atoms with Crippen LogP contribution in [0.15, 0.2) is 53.8 Å². The summed E-state index contributed by atoms with van der Waals surface area (Å²) in [7, 11) is 1.35. The van der Waals surface area contributed by atoms with Crippen LogP contribution < -0.4 is 9.47 Å². The van der Waals surface area contributed by atoms with Crippen LogP contribution in [0.2, 0.25) is 0 Å². The Morgan fingerprint density at radius 2 is 1.89 bits per heavy atom. The molecule has 0 saturated heterocycles. The molecule has 2 aromatic heterocycles. The van der Waals surface area contributed by atoms with E-state index in [1.54, 1.807) is 6.07 Å². The minimum atomic E-state index is -1.97. The third kappa shape index (κ3) is 4.69. The van der Waals surface area contributed by atoms with Crippen molar-refractivity contribution >= 4 is 16.9 Å². The summed E-state index contributed by atoms with van der Waals surface area (Å²) < 4.78 is 74.9. The molecule has 2 aromatic carbocycles. The summed E-state index contributed by atoms with van der Waals surface area (Å²) in [5.41, 5.74) is -0.903. The van der Waals surface area contributed by atoms with Gasteiger partial charge in [0.05, 0.1) is 25.6 Å². The molecular formula is C26H21F4N3O4. The van der Waals surface area contributed by atoms with Gasteiger partial charge in [-0.05, 0) is 29.8 Å². The van der Waals surface area contributed by atoms with Crippen LogP contribution in [0.5, 0.6) is 17.2 Å². The molecule has 4 aromatic rings. The van der Waals surface area contributed by atoms with Crippen molar-refractivity contribution in [3.05, 3.63) is 71.8 Å². The molecule has 192 valence electrons. The van der Waals surface area contributed by atoms with E-state index in [1.807, 2.05) is 0 Å². The summed E-state index contributed by atoms with van der Waals surface area (Å²) in [5.74, 6) is -3.07. The van der Waals surface area contributed by atoms with E-state index in [-0.39, 0.29) is 41.5 Å². The molecule has 7 nitrogen and oxygen atoms in total. The molecule has 1 atom stereocenters. The van der Waals surface area contributed by atoms with Gasteiger partial charge < -0.3 is 24.3 Å². The zero-order chi connectivity index (χ0) is 26.2. The van der Waals surface area contributed by atoms with Crippen LogP contribution in [-0.4, -0.2) is 53.5 Å². The number of hydrogen-bond acceptors (Lipinski definition) is 6. The van der Waals surface area contributed by atoms with E-state index in [2.05, 4.69) is 15.0 Å². The highest BCUT2D eigenvalue weighted by Crippen LogP contribution is 2.40. The summed E-state index contributed by atoms with van der Waals surface area (Å²) >= 11 is 0. The molecule has 11 heteroatoms. The third-order valence-electron chi connectivity index (χ3n) is 5.95. The van der Waals surface area contributed by atoms with E-state index >= 15 is 8.78 Å². The molecule has 0 bridgehead atoms. The van der Waals surface area contributed by atoms with Gasteiger partial charge in [0, 0.05) is 29.9 Å². The number of fused-ring (bicyclic) bond motifs is 1. The van der Waals surface area contributed by atoms with Crippen LogP contribution in [0, 0.1) is 17.5 Å². The fraction of sp³-hybridized carbons (Fsp3) is 0.231. The summed E-state index contributed by atoms with van der Waals surface area (Å²) in [4.78, 5) is 11.0. The number of aliphatic hydroxyl groups is 1. The van der Waals surface area contributed by atoms with E-state index in [4.69, 9.17) is 19.3 Å².